The average Bonchev–Trinajstić information content (AvgIpc) is 2.27. The van der Waals surface area contributed by atoms with Gasteiger partial charge in [0.1, 0.15) is 5.84 Å². The van der Waals surface area contributed by atoms with Crippen molar-refractivity contribution in [2.24, 2.45) is 4.99 Å². The maximum absolute atomic E-state index is 6.15. The summed E-state index contributed by atoms with van der Waals surface area (Å²) in [5.41, 5.74) is 2.25. The normalized spacial score (nSPS) is 19.3. The first-order chi connectivity index (χ1) is 7.34. The Morgan fingerprint density at radius 2 is 2.20 bits per heavy atom. The van der Waals surface area contributed by atoms with Crippen LogP contribution in [0.15, 0.2) is 23.2 Å². The highest BCUT2D eigenvalue weighted by Crippen LogP contribution is 2.35. The van der Waals surface area contributed by atoms with Gasteiger partial charge in [0.05, 0.1) is 10.7 Å². The number of para-hydroxylation sites is 1. The van der Waals surface area contributed by atoms with Gasteiger partial charge in [-0.15, -0.1) is 0 Å². The van der Waals surface area contributed by atoms with E-state index in [9.17, 15) is 0 Å². The van der Waals surface area contributed by atoms with Crippen LogP contribution in [0.5, 0.6) is 0 Å². The van der Waals surface area contributed by atoms with Gasteiger partial charge in [0.15, 0.2) is 0 Å². The minimum absolute atomic E-state index is 0.783. The molecule has 0 bridgehead atoms. The molecule has 0 atom stereocenters. The smallest absolute Gasteiger partial charge is 0.105 e. The number of aliphatic imine (C=N–C) groups is 1. The molecule has 1 saturated heterocycles. The van der Waals surface area contributed by atoms with Crippen molar-refractivity contribution >= 4 is 23.1 Å². The zero-order valence-corrected chi connectivity index (χ0v) is 9.30. The first kappa shape index (κ1) is 9.22. The molecule has 2 nitrogen and oxygen atoms in total. The van der Waals surface area contributed by atoms with E-state index in [1.165, 1.54) is 24.2 Å². The van der Waals surface area contributed by atoms with Crippen molar-refractivity contribution in [2.75, 3.05) is 6.54 Å². The number of amidine groups is 1. The van der Waals surface area contributed by atoms with Gasteiger partial charge in [0.2, 0.25) is 0 Å². The number of rotatable bonds is 0. The first-order valence-electron chi connectivity index (χ1n) is 5.44. The van der Waals surface area contributed by atoms with E-state index in [-0.39, 0.29) is 0 Å². The molecule has 2 aliphatic rings. The molecule has 3 rings (SSSR count). The Morgan fingerprint density at radius 3 is 3.13 bits per heavy atom. The Hall–Kier alpha value is -1.02. The summed E-state index contributed by atoms with van der Waals surface area (Å²) in [5, 5.41) is 0.783. The molecule has 0 unspecified atom stereocenters. The molecule has 2 aliphatic heterocycles. The molecule has 1 aromatic rings. The van der Waals surface area contributed by atoms with E-state index >= 15 is 0 Å². The summed E-state index contributed by atoms with van der Waals surface area (Å²) < 4.78 is 0. The molecule has 0 amide bonds. The zero-order valence-electron chi connectivity index (χ0n) is 8.54. The first-order valence-corrected chi connectivity index (χ1v) is 5.82. The van der Waals surface area contributed by atoms with Gasteiger partial charge in [-0.3, -0.25) is 0 Å². The van der Waals surface area contributed by atoms with Crippen molar-refractivity contribution in [3.05, 3.63) is 28.8 Å². The SMILES string of the molecule is Clc1cccc2c1N=C1CCCCN1C2. The molecule has 0 spiro atoms. The van der Waals surface area contributed by atoms with Gasteiger partial charge in [-0.1, -0.05) is 23.7 Å². The van der Waals surface area contributed by atoms with Crippen LogP contribution < -0.4 is 0 Å². The number of hydrogen-bond donors (Lipinski definition) is 0. The van der Waals surface area contributed by atoms with E-state index in [4.69, 9.17) is 11.6 Å². The van der Waals surface area contributed by atoms with Gasteiger partial charge in [0.25, 0.3) is 0 Å². The Balaban J connectivity index is 2.07. The predicted octanol–water partition coefficient (Wildman–Crippen LogP) is 3.37. The van der Waals surface area contributed by atoms with E-state index in [0.29, 0.717) is 0 Å². The lowest BCUT2D eigenvalue weighted by Crippen LogP contribution is -2.36. The van der Waals surface area contributed by atoms with Crippen molar-refractivity contribution < 1.29 is 0 Å². The van der Waals surface area contributed by atoms with Crippen LogP contribution in [0, 0.1) is 0 Å². The minimum Gasteiger partial charge on any atom is -0.356 e. The van der Waals surface area contributed by atoms with E-state index in [1.54, 1.807) is 0 Å². The van der Waals surface area contributed by atoms with Crippen LogP contribution in [0.3, 0.4) is 0 Å². The summed E-state index contributed by atoms with van der Waals surface area (Å²) in [6.07, 6.45) is 3.65. The third-order valence-electron chi connectivity index (χ3n) is 3.12. The van der Waals surface area contributed by atoms with Crippen molar-refractivity contribution in [1.82, 2.24) is 4.90 Å². The largest absolute Gasteiger partial charge is 0.356 e. The fraction of sp³-hybridized carbons (Fsp3) is 0.417. The summed E-state index contributed by atoms with van der Waals surface area (Å²) in [7, 11) is 0. The molecule has 0 radical (unpaired) electrons. The van der Waals surface area contributed by atoms with Gasteiger partial charge in [0, 0.05) is 19.5 Å². The van der Waals surface area contributed by atoms with E-state index in [0.717, 1.165) is 30.2 Å². The van der Waals surface area contributed by atoms with Crippen molar-refractivity contribution in [3.8, 4) is 0 Å². The Bertz CT molecular complexity index is 426. The molecule has 0 aromatic heterocycles. The number of hydrogen-bond acceptors (Lipinski definition) is 2. The maximum atomic E-state index is 6.15. The van der Waals surface area contributed by atoms with Crippen LogP contribution in [0.4, 0.5) is 5.69 Å². The third kappa shape index (κ3) is 1.53. The fourth-order valence-corrected chi connectivity index (χ4v) is 2.55. The van der Waals surface area contributed by atoms with E-state index in [1.807, 2.05) is 12.1 Å². The Labute approximate surface area is 94.6 Å². The molecule has 1 aromatic carbocycles. The summed E-state index contributed by atoms with van der Waals surface area (Å²) in [4.78, 5) is 7.05. The van der Waals surface area contributed by atoms with Crippen LogP contribution >= 0.6 is 11.6 Å². The lowest BCUT2D eigenvalue weighted by atomic mass is 10.0. The molecule has 2 heterocycles. The lowest BCUT2D eigenvalue weighted by molar-refractivity contribution is 0.359. The number of piperidine rings is 1. The van der Waals surface area contributed by atoms with Gasteiger partial charge >= 0.3 is 0 Å². The Morgan fingerprint density at radius 1 is 1.27 bits per heavy atom. The minimum atomic E-state index is 0.783. The molecule has 3 heteroatoms. The number of halogens is 1. The van der Waals surface area contributed by atoms with Crippen LogP contribution in [0.25, 0.3) is 0 Å². The van der Waals surface area contributed by atoms with Crippen molar-refractivity contribution in [2.45, 2.75) is 25.8 Å². The highest BCUT2D eigenvalue weighted by atomic mass is 35.5. The summed E-state index contributed by atoms with van der Waals surface area (Å²) >= 11 is 6.15. The van der Waals surface area contributed by atoms with Crippen molar-refractivity contribution in [3.63, 3.8) is 0 Å². The van der Waals surface area contributed by atoms with Crippen LogP contribution in [0.2, 0.25) is 5.02 Å². The van der Waals surface area contributed by atoms with Gasteiger partial charge in [-0.05, 0) is 24.5 Å². The van der Waals surface area contributed by atoms with Gasteiger partial charge < -0.3 is 4.90 Å². The molecular weight excluding hydrogens is 208 g/mol. The summed E-state index contributed by atoms with van der Waals surface area (Å²) in [6.45, 7) is 2.12. The monoisotopic (exact) mass is 220 g/mol. The number of benzene rings is 1. The highest BCUT2D eigenvalue weighted by molar-refractivity contribution is 6.33. The Kier molecular flexibility index (Phi) is 2.17. The van der Waals surface area contributed by atoms with Crippen LogP contribution in [-0.4, -0.2) is 17.3 Å². The predicted molar refractivity (Wildman–Crippen MR) is 62.8 cm³/mol. The standard InChI is InChI=1S/C12H13ClN2/c13-10-5-3-4-9-8-15-7-2-1-6-11(15)14-12(9)10/h3-5H,1-2,6-8H2. The molecule has 1 fully saturated rings. The second-order valence-corrected chi connectivity index (χ2v) is 4.56. The summed E-state index contributed by atoms with van der Waals surface area (Å²) in [5.74, 6) is 1.22. The maximum Gasteiger partial charge on any atom is 0.105 e. The second kappa shape index (κ2) is 3.53. The quantitative estimate of drug-likeness (QED) is 0.655. The molecule has 0 aliphatic carbocycles. The van der Waals surface area contributed by atoms with E-state index in [2.05, 4.69) is 16.0 Å². The molecule has 0 saturated carbocycles. The van der Waals surface area contributed by atoms with Crippen LogP contribution in [0.1, 0.15) is 24.8 Å². The summed E-state index contributed by atoms with van der Waals surface area (Å²) in [6, 6.07) is 6.05. The molecule has 15 heavy (non-hydrogen) atoms. The number of nitrogens with zero attached hydrogens (tertiary/aromatic N) is 2. The zero-order chi connectivity index (χ0) is 10.3. The fourth-order valence-electron chi connectivity index (χ4n) is 2.32. The molecule has 78 valence electrons. The van der Waals surface area contributed by atoms with Gasteiger partial charge in [-0.25, -0.2) is 4.99 Å². The average molecular weight is 221 g/mol. The topological polar surface area (TPSA) is 15.6 Å². The molecular formula is C12H13ClN2. The van der Waals surface area contributed by atoms with Gasteiger partial charge in [-0.2, -0.15) is 0 Å². The lowest BCUT2D eigenvalue weighted by Gasteiger charge is -2.34. The highest BCUT2D eigenvalue weighted by Gasteiger charge is 2.23. The molecule has 0 N–H and O–H groups in total. The van der Waals surface area contributed by atoms with E-state index < -0.39 is 0 Å². The second-order valence-electron chi connectivity index (χ2n) is 4.15. The van der Waals surface area contributed by atoms with Crippen LogP contribution in [-0.2, 0) is 6.54 Å². The van der Waals surface area contributed by atoms with Crippen molar-refractivity contribution in [1.29, 1.82) is 0 Å². The third-order valence-corrected chi connectivity index (χ3v) is 3.42. The number of fused-ring (bicyclic) bond motifs is 2.